The molecule has 14 heavy (non-hydrogen) atoms. The van der Waals surface area contributed by atoms with Gasteiger partial charge in [-0.05, 0) is 32.1 Å². The Morgan fingerprint density at radius 2 is 2.14 bits per heavy atom. The number of aromatic nitrogens is 1. The van der Waals surface area contributed by atoms with Gasteiger partial charge < -0.3 is 9.84 Å². The molecule has 1 saturated carbocycles. The third-order valence-corrected chi connectivity index (χ3v) is 3.45. The molecule has 0 bridgehead atoms. The van der Waals surface area contributed by atoms with E-state index in [1.807, 2.05) is 0 Å². The molecule has 2 heterocycles. The van der Waals surface area contributed by atoms with E-state index in [1.165, 1.54) is 43.4 Å². The van der Waals surface area contributed by atoms with Crippen molar-refractivity contribution in [2.24, 2.45) is 0 Å². The molecular weight excluding hydrogens is 176 g/mol. The number of hydrogen-bond acceptors (Lipinski definition) is 3. The Balaban J connectivity index is 1.92. The highest BCUT2D eigenvalue weighted by molar-refractivity contribution is 5.46. The van der Waals surface area contributed by atoms with Crippen LogP contribution in [0.2, 0.25) is 0 Å². The van der Waals surface area contributed by atoms with E-state index < -0.39 is 0 Å². The van der Waals surface area contributed by atoms with Crippen LogP contribution in [-0.2, 0) is 6.42 Å². The van der Waals surface area contributed by atoms with E-state index in [4.69, 9.17) is 4.52 Å². The Morgan fingerprint density at radius 1 is 1.21 bits per heavy atom. The fourth-order valence-corrected chi connectivity index (χ4v) is 2.33. The summed E-state index contributed by atoms with van der Waals surface area (Å²) in [5.74, 6) is 1.65. The lowest BCUT2D eigenvalue weighted by atomic mass is 9.81. The van der Waals surface area contributed by atoms with Gasteiger partial charge in [0, 0.05) is 18.0 Å². The zero-order valence-corrected chi connectivity index (χ0v) is 8.38. The number of nitrogens with zero attached hydrogens (tertiary/aromatic N) is 1. The molecule has 0 atom stereocenters. The van der Waals surface area contributed by atoms with Gasteiger partial charge in [0.25, 0.3) is 0 Å². The molecular formula is C11H16N2O. The van der Waals surface area contributed by atoms with Gasteiger partial charge in [0.15, 0.2) is 0 Å². The topological polar surface area (TPSA) is 38.1 Å². The average molecular weight is 192 g/mol. The van der Waals surface area contributed by atoms with Crippen molar-refractivity contribution in [1.82, 2.24) is 5.16 Å². The second kappa shape index (κ2) is 3.30. The molecule has 1 aliphatic heterocycles. The second-order valence-corrected chi connectivity index (χ2v) is 4.39. The molecule has 76 valence electrons. The summed E-state index contributed by atoms with van der Waals surface area (Å²) in [6, 6.07) is 0. The maximum atomic E-state index is 5.36. The maximum Gasteiger partial charge on any atom is 0.228 e. The summed E-state index contributed by atoms with van der Waals surface area (Å²) >= 11 is 0. The van der Waals surface area contributed by atoms with Crippen LogP contribution in [0.4, 0.5) is 5.88 Å². The van der Waals surface area contributed by atoms with Crippen molar-refractivity contribution < 1.29 is 4.52 Å². The molecule has 2 aliphatic rings. The number of fused-ring (bicyclic) bond motifs is 1. The standard InChI is InChI=1S/C11H16N2O/c1-2-7-12-11-9(6-1)10(13-14-11)8-4-3-5-8/h8,12H,1-7H2. The van der Waals surface area contributed by atoms with E-state index in [9.17, 15) is 0 Å². The van der Waals surface area contributed by atoms with Crippen LogP contribution in [0.3, 0.4) is 0 Å². The van der Waals surface area contributed by atoms with Gasteiger partial charge in [-0.2, -0.15) is 0 Å². The summed E-state index contributed by atoms with van der Waals surface area (Å²) in [4.78, 5) is 0. The second-order valence-electron chi connectivity index (χ2n) is 4.39. The SMILES string of the molecule is C1CCc2c(C3CCC3)noc2NC1. The first-order valence-electron chi connectivity index (χ1n) is 5.67. The molecule has 1 aromatic rings. The predicted molar refractivity (Wildman–Crippen MR) is 54.5 cm³/mol. The van der Waals surface area contributed by atoms with Gasteiger partial charge in [-0.25, -0.2) is 0 Å². The largest absolute Gasteiger partial charge is 0.354 e. The van der Waals surface area contributed by atoms with Crippen molar-refractivity contribution in [1.29, 1.82) is 0 Å². The van der Waals surface area contributed by atoms with Crippen LogP contribution in [0, 0.1) is 0 Å². The van der Waals surface area contributed by atoms with Crippen molar-refractivity contribution in [2.45, 2.75) is 44.4 Å². The van der Waals surface area contributed by atoms with Crippen LogP contribution in [0.1, 0.15) is 49.3 Å². The minimum atomic E-state index is 0.697. The summed E-state index contributed by atoms with van der Waals surface area (Å²) in [6.07, 6.45) is 7.63. The van der Waals surface area contributed by atoms with E-state index in [2.05, 4.69) is 10.5 Å². The van der Waals surface area contributed by atoms with Gasteiger partial charge in [-0.15, -0.1) is 0 Å². The monoisotopic (exact) mass is 192 g/mol. The minimum Gasteiger partial charge on any atom is -0.354 e. The first-order chi connectivity index (χ1) is 6.95. The molecule has 3 nitrogen and oxygen atoms in total. The van der Waals surface area contributed by atoms with Crippen LogP contribution in [-0.4, -0.2) is 11.7 Å². The molecule has 1 fully saturated rings. The molecule has 1 N–H and O–H groups in total. The highest BCUT2D eigenvalue weighted by Gasteiger charge is 2.28. The smallest absolute Gasteiger partial charge is 0.228 e. The van der Waals surface area contributed by atoms with Gasteiger partial charge in [-0.3, -0.25) is 0 Å². The number of anilines is 1. The van der Waals surface area contributed by atoms with Crippen LogP contribution >= 0.6 is 0 Å². The number of hydrogen-bond donors (Lipinski definition) is 1. The Kier molecular flexibility index (Phi) is 1.96. The summed E-state index contributed by atoms with van der Waals surface area (Å²) in [5.41, 5.74) is 2.62. The molecule has 3 rings (SSSR count). The van der Waals surface area contributed by atoms with Crippen LogP contribution in [0.15, 0.2) is 4.52 Å². The van der Waals surface area contributed by atoms with Crippen molar-refractivity contribution in [2.75, 3.05) is 11.9 Å². The third kappa shape index (κ3) is 1.22. The Hall–Kier alpha value is -0.990. The Morgan fingerprint density at radius 3 is 2.93 bits per heavy atom. The summed E-state index contributed by atoms with van der Waals surface area (Å²) in [5, 5.41) is 7.54. The summed E-state index contributed by atoms with van der Waals surface area (Å²) < 4.78 is 5.36. The number of rotatable bonds is 1. The molecule has 0 saturated heterocycles. The average Bonchev–Trinajstić information content (AvgIpc) is 2.36. The summed E-state index contributed by atoms with van der Waals surface area (Å²) in [6.45, 7) is 1.03. The van der Waals surface area contributed by atoms with E-state index in [1.54, 1.807) is 0 Å². The quantitative estimate of drug-likeness (QED) is 0.743. The van der Waals surface area contributed by atoms with Crippen molar-refractivity contribution in [3.8, 4) is 0 Å². The van der Waals surface area contributed by atoms with Crippen molar-refractivity contribution in [3.05, 3.63) is 11.3 Å². The van der Waals surface area contributed by atoms with E-state index in [0.29, 0.717) is 5.92 Å². The molecule has 1 aliphatic carbocycles. The minimum absolute atomic E-state index is 0.697. The van der Waals surface area contributed by atoms with E-state index in [-0.39, 0.29) is 0 Å². The van der Waals surface area contributed by atoms with Crippen LogP contribution in [0.25, 0.3) is 0 Å². The lowest BCUT2D eigenvalue weighted by Crippen LogP contribution is -2.11. The molecule has 1 aromatic heterocycles. The lowest BCUT2D eigenvalue weighted by Gasteiger charge is -2.23. The van der Waals surface area contributed by atoms with Gasteiger partial charge in [0.2, 0.25) is 5.88 Å². The fraction of sp³-hybridized carbons (Fsp3) is 0.727. The third-order valence-electron chi connectivity index (χ3n) is 3.45. The molecule has 0 radical (unpaired) electrons. The van der Waals surface area contributed by atoms with Gasteiger partial charge >= 0.3 is 0 Å². The van der Waals surface area contributed by atoms with Crippen LogP contribution < -0.4 is 5.32 Å². The van der Waals surface area contributed by atoms with Crippen molar-refractivity contribution in [3.63, 3.8) is 0 Å². The van der Waals surface area contributed by atoms with E-state index >= 15 is 0 Å². The summed E-state index contributed by atoms with van der Waals surface area (Å²) in [7, 11) is 0. The highest BCUT2D eigenvalue weighted by atomic mass is 16.5. The van der Waals surface area contributed by atoms with Gasteiger partial charge in [0.1, 0.15) is 0 Å². The predicted octanol–water partition coefficient (Wildman–Crippen LogP) is 2.69. The zero-order valence-electron chi connectivity index (χ0n) is 8.38. The molecule has 3 heteroatoms. The van der Waals surface area contributed by atoms with Gasteiger partial charge in [0.05, 0.1) is 5.69 Å². The molecule has 0 amide bonds. The Labute approximate surface area is 83.9 Å². The van der Waals surface area contributed by atoms with Crippen molar-refractivity contribution >= 4 is 5.88 Å². The van der Waals surface area contributed by atoms with Gasteiger partial charge in [-0.1, -0.05) is 11.6 Å². The molecule has 0 aromatic carbocycles. The normalized spacial score (nSPS) is 22.0. The fourth-order valence-electron chi connectivity index (χ4n) is 2.33. The number of nitrogens with one attached hydrogen (secondary N) is 1. The first kappa shape index (κ1) is 8.33. The Bertz CT molecular complexity index is 328. The maximum absolute atomic E-state index is 5.36. The first-order valence-corrected chi connectivity index (χ1v) is 5.67. The van der Waals surface area contributed by atoms with E-state index in [0.717, 1.165) is 18.8 Å². The molecule has 0 unspecified atom stereocenters. The zero-order chi connectivity index (χ0) is 9.38. The lowest BCUT2D eigenvalue weighted by molar-refractivity contribution is 0.367. The highest BCUT2D eigenvalue weighted by Crippen LogP contribution is 2.40. The molecule has 0 spiro atoms. The van der Waals surface area contributed by atoms with Crippen LogP contribution in [0.5, 0.6) is 0 Å².